The first-order valence-corrected chi connectivity index (χ1v) is 14.1. The number of furan rings is 1. The minimum Gasteiger partial charge on any atom is -0.455 e. The molecule has 0 saturated heterocycles. The van der Waals surface area contributed by atoms with Gasteiger partial charge in [-0.2, -0.15) is 5.26 Å². The molecule has 2 nitrogen and oxygen atoms in total. The Hall–Kier alpha value is -5.17. The lowest BCUT2D eigenvalue weighted by molar-refractivity contribution is 0.670. The van der Waals surface area contributed by atoms with E-state index < -0.39 is 0 Å². The standard InChI is InChI=1S/C37H21NOS/c38-22-25-8-1-2-9-26(25)32-20-24(28-12-7-13-31-29-10-3-5-14-34(29)39-37(28)31)16-18-27(32)23-17-19-36-33(21-23)30-11-4-6-15-35(30)40-36/h1-21H. The highest BCUT2D eigenvalue weighted by Crippen LogP contribution is 2.42. The van der Waals surface area contributed by atoms with Crippen LogP contribution in [0.4, 0.5) is 0 Å². The van der Waals surface area contributed by atoms with Crippen LogP contribution in [-0.2, 0) is 0 Å². The average Bonchev–Trinajstić information content (AvgIpc) is 3.59. The number of hydrogen-bond donors (Lipinski definition) is 0. The molecule has 0 unspecified atom stereocenters. The predicted octanol–water partition coefficient (Wildman–Crippen LogP) is 10.8. The number of thiophene rings is 1. The van der Waals surface area contributed by atoms with Crippen molar-refractivity contribution in [2.45, 2.75) is 0 Å². The molecule has 0 spiro atoms. The van der Waals surface area contributed by atoms with Gasteiger partial charge in [0.05, 0.1) is 11.6 Å². The fourth-order valence-electron chi connectivity index (χ4n) is 5.87. The zero-order valence-electron chi connectivity index (χ0n) is 21.4. The van der Waals surface area contributed by atoms with Crippen molar-refractivity contribution in [2.75, 3.05) is 0 Å². The third kappa shape index (κ3) is 3.48. The molecule has 0 bridgehead atoms. The maximum atomic E-state index is 10.0. The van der Waals surface area contributed by atoms with Crippen LogP contribution in [0, 0.1) is 11.3 Å². The molecule has 8 aromatic rings. The molecule has 0 N–H and O–H groups in total. The summed E-state index contributed by atoms with van der Waals surface area (Å²) in [6.45, 7) is 0. The summed E-state index contributed by atoms with van der Waals surface area (Å²) in [5.41, 5.74) is 8.69. The Morgan fingerprint density at radius 1 is 0.500 bits per heavy atom. The molecule has 0 atom stereocenters. The van der Waals surface area contributed by atoms with E-state index in [1.54, 1.807) is 0 Å². The van der Waals surface area contributed by atoms with Gasteiger partial charge < -0.3 is 4.42 Å². The van der Waals surface area contributed by atoms with Crippen LogP contribution in [0.1, 0.15) is 5.56 Å². The second-order valence-corrected chi connectivity index (χ2v) is 11.1. The van der Waals surface area contributed by atoms with Gasteiger partial charge in [0.15, 0.2) is 0 Å². The molecule has 2 heterocycles. The van der Waals surface area contributed by atoms with Crippen LogP contribution in [0.3, 0.4) is 0 Å². The zero-order chi connectivity index (χ0) is 26.6. The van der Waals surface area contributed by atoms with Crippen molar-refractivity contribution < 1.29 is 4.42 Å². The third-order valence-corrected chi connectivity index (χ3v) is 8.91. The predicted molar refractivity (Wildman–Crippen MR) is 168 cm³/mol. The second-order valence-electron chi connectivity index (χ2n) is 10.0. The van der Waals surface area contributed by atoms with Crippen molar-refractivity contribution in [3.05, 3.63) is 133 Å². The Balaban J connectivity index is 1.39. The number of nitriles is 1. The van der Waals surface area contributed by atoms with Crippen LogP contribution < -0.4 is 0 Å². The molecule has 0 saturated carbocycles. The lowest BCUT2D eigenvalue weighted by Crippen LogP contribution is -1.91. The second kappa shape index (κ2) is 8.95. The van der Waals surface area contributed by atoms with Crippen LogP contribution in [-0.4, -0.2) is 0 Å². The van der Waals surface area contributed by atoms with E-state index in [9.17, 15) is 5.26 Å². The average molecular weight is 528 g/mol. The van der Waals surface area contributed by atoms with Gasteiger partial charge in [-0.15, -0.1) is 11.3 Å². The van der Waals surface area contributed by atoms with Gasteiger partial charge in [0.1, 0.15) is 11.2 Å². The fraction of sp³-hybridized carbons (Fsp3) is 0. The van der Waals surface area contributed by atoms with Crippen LogP contribution in [0.2, 0.25) is 0 Å². The number of rotatable bonds is 3. The van der Waals surface area contributed by atoms with Gasteiger partial charge in [-0.25, -0.2) is 0 Å². The van der Waals surface area contributed by atoms with Crippen molar-refractivity contribution in [1.29, 1.82) is 5.26 Å². The van der Waals surface area contributed by atoms with Crippen LogP contribution in [0.5, 0.6) is 0 Å². The Morgan fingerprint density at radius 2 is 1.20 bits per heavy atom. The highest BCUT2D eigenvalue weighted by atomic mass is 32.1. The largest absolute Gasteiger partial charge is 0.455 e. The fourth-order valence-corrected chi connectivity index (χ4v) is 6.96. The summed E-state index contributed by atoms with van der Waals surface area (Å²) >= 11 is 1.82. The molecule has 0 aliphatic carbocycles. The number of para-hydroxylation sites is 2. The first-order valence-electron chi connectivity index (χ1n) is 13.2. The van der Waals surface area contributed by atoms with Gasteiger partial charge in [-0.3, -0.25) is 0 Å². The molecule has 2 aromatic heterocycles. The maximum Gasteiger partial charge on any atom is 0.143 e. The van der Waals surface area contributed by atoms with E-state index in [0.717, 1.165) is 55.3 Å². The van der Waals surface area contributed by atoms with Gasteiger partial charge >= 0.3 is 0 Å². The molecule has 0 radical (unpaired) electrons. The van der Waals surface area contributed by atoms with Crippen molar-refractivity contribution in [3.8, 4) is 39.4 Å². The molecule has 8 rings (SSSR count). The molecule has 0 fully saturated rings. The molecule has 6 aromatic carbocycles. The topological polar surface area (TPSA) is 36.9 Å². The van der Waals surface area contributed by atoms with Crippen molar-refractivity contribution in [3.63, 3.8) is 0 Å². The molecule has 0 aliphatic heterocycles. The van der Waals surface area contributed by atoms with E-state index in [0.29, 0.717) is 5.56 Å². The summed E-state index contributed by atoms with van der Waals surface area (Å²) in [4.78, 5) is 0. The SMILES string of the molecule is N#Cc1ccccc1-c1cc(-c2cccc3c2oc2ccccc23)ccc1-c1ccc2sc3ccccc3c2c1. The summed E-state index contributed by atoms with van der Waals surface area (Å²) in [6, 6.07) is 46.6. The third-order valence-electron chi connectivity index (χ3n) is 7.76. The maximum absolute atomic E-state index is 10.0. The summed E-state index contributed by atoms with van der Waals surface area (Å²) in [5, 5.41) is 14.8. The van der Waals surface area contributed by atoms with Gasteiger partial charge in [0.25, 0.3) is 0 Å². The number of nitrogens with zero attached hydrogens (tertiary/aromatic N) is 1. The number of benzene rings is 6. The van der Waals surface area contributed by atoms with Crippen molar-refractivity contribution in [2.24, 2.45) is 0 Å². The Bertz CT molecular complexity index is 2300. The smallest absolute Gasteiger partial charge is 0.143 e. The zero-order valence-corrected chi connectivity index (χ0v) is 22.2. The minimum atomic E-state index is 0.657. The van der Waals surface area contributed by atoms with E-state index in [1.807, 2.05) is 53.8 Å². The van der Waals surface area contributed by atoms with Gasteiger partial charge in [-0.05, 0) is 58.7 Å². The summed E-state index contributed by atoms with van der Waals surface area (Å²) < 4.78 is 8.94. The van der Waals surface area contributed by atoms with Crippen LogP contribution >= 0.6 is 11.3 Å². The first kappa shape index (κ1) is 22.8. The molecule has 0 aliphatic rings. The van der Waals surface area contributed by atoms with E-state index in [1.165, 1.54) is 20.2 Å². The van der Waals surface area contributed by atoms with E-state index in [-0.39, 0.29) is 0 Å². The normalized spacial score (nSPS) is 11.5. The highest BCUT2D eigenvalue weighted by molar-refractivity contribution is 7.25. The Morgan fingerprint density at radius 3 is 2.12 bits per heavy atom. The van der Waals surface area contributed by atoms with E-state index in [2.05, 4.69) is 91.0 Å². The summed E-state index contributed by atoms with van der Waals surface area (Å²) in [7, 11) is 0. The summed E-state index contributed by atoms with van der Waals surface area (Å²) in [5.74, 6) is 0. The van der Waals surface area contributed by atoms with Gasteiger partial charge in [-0.1, -0.05) is 91.0 Å². The first-order chi connectivity index (χ1) is 19.8. The van der Waals surface area contributed by atoms with Crippen molar-refractivity contribution in [1.82, 2.24) is 0 Å². The van der Waals surface area contributed by atoms with E-state index >= 15 is 0 Å². The van der Waals surface area contributed by atoms with Gasteiger partial charge in [0, 0.05) is 42.1 Å². The monoisotopic (exact) mass is 527 g/mol. The lowest BCUT2D eigenvalue weighted by Gasteiger charge is -2.15. The summed E-state index contributed by atoms with van der Waals surface area (Å²) in [6.07, 6.45) is 0. The molecule has 40 heavy (non-hydrogen) atoms. The highest BCUT2D eigenvalue weighted by Gasteiger charge is 2.17. The van der Waals surface area contributed by atoms with Crippen LogP contribution in [0.25, 0.3) is 75.5 Å². The molecular formula is C37H21NOS. The van der Waals surface area contributed by atoms with Crippen LogP contribution in [0.15, 0.2) is 132 Å². The van der Waals surface area contributed by atoms with Gasteiger partial charge in [0.2, 0.25) is 0 Å². The molecule has 186 valence electrons. The molecule has 3 heteroatoms. The van der Waals surface area contributed by atoms with Crippen molar-refractivity contribution >= 4 is 53.4 Å². The minimum absolute atomic E-state index is 0.657. The number of fused-ring (bicyclic) bond motifs is 6. The molecule has 0 amide bonds. The number of hydrogen-bond acceptors (Lipinski definition) is 3. The lowest BCUT2D eigenvalue weighted by atomic mass is 9.88. The van der Waals surface area contributed by atoms with E-state index in [4.69, 9.17) is 4.42 Å². The molecular weight excluding hydrogens is 506 g/mol. The Labute approximate surface area is 235 Å². The quantitative estimate of drug-likeness (QED) is 0.229. The Kier molecular flexibility index (Phi) is 5.10.